The van der Waals surface area contributed by atoms with Gasteiger partial charge in [0.15, 0.2) is 5.78 Å². The molecule has 1 unspecified atom stereocenters. The molecule has 1 atom stereocenters. The molecule has 1 aliphatic rings. The van der Waals surface area contributed by atoms with E-state index in [0.717, 1.165) is 12.0 Å². The normalized spacial score (nSPS) is 19.7. The van der Waals surface area contributed by atoms with Gasteiger partial charge in [-0.15, -0.1) is 6.58 Å². The van der Waals surface area contributed by atoms with Crippen LogP contribution in [0.4, 0.5) is 0 Å². The lowest BCUT2D eigenvalue weighted by atomic mass is 9.74. The molecule has 0 radical (unpaired) electrons. The van der Waals surface area contributed by atoms with Gasteiger partial charge in [0.2, 0.25) is 0 Å². The third-order valence-electron chi connectivity index (χ3n) is 2.32. The molecule has 1 aromatic carbocycles. The standard InChI is InChI=1S/C11H10O/c1-2-5-9-8-6-3-4-7-10(8)11(9)12/h2-4,6-7,9H,1,5H2. The van der Waals surface area contributed by atoms with Crippen molar-refractivity contribution in [3.05, 3.63) is 48.0 Å². The van der Waals surface area contributed by atoms with Crippen LogP contribution >= 0.6 is 0 Å². The van der Waals surface area contributed by atoms with E-state index in [2.05, 4.69) is 6.58 Å². The Balaban J connectivity index is 2.36. The molecule has 1 nitrogen and oxygen atoms in total. The highest BCUT2D eigenvalue weighted by atomic mass is 16.1. The molecule has 0 aromatic heterocycles. The zero-order valence-corrected chi connectivity index (χ0v) is 6.79. The van der Waals surface area contributed by atoms with Crippen molar-refractivity contribution in [3.8, 4) is 0 Å². The Labute approximate surface area is 71.7 Å². The lowest BCUT2D eigenvalue weighted by molar-refractivity contribution is 0.0928. The summed E-state index contributed by atoms with van der Waals surface area (Å²) in [5, 5.41) is 0. The first-order valence-corrected chi connectivity index (χ1v) is 4.08. The molecule has 1 heteroatoms. The molecule has 1 aliphatic carbocycles. The topological polar surface area (TPSA) is 17.1 Å². The fourth-order valence-electron chi connectivity index (χ4n) is 1.68. The van der Waals surface area contributed by atoms with E-state index >= 15 is 0 Å². The number of carbonyl (C=O) groups excluding carboxylic acids is 1. The fourth-order valence-corrected chi connectivity index (χ4v) is 1.68. The van der Waals surface area contributed by atoms with Crippen LogP contribution in [0.25, 0.3) is 0 Å². The Morgan fingerprint density at radius 3 is 2.92 bits per heavy atom. The van der Waals surface area contributed by atoms with Gasteiger partial charge in [0, 0.05) is 5.56 Å². The second-order valence-electron chi connectivity index (χ2n) is 3.03. The van der Waals surface area contributed by atoms with Crippen LogP contribution in [-0.4, -0.2) is 5.78 Å². The quantitative estimate of drug-likeness (QED) is 0.604. The van der Waals surface area contributed by atoms with Gasteiger partial charge in [-0.1, -0.05) is 30.3 Å². The molecule has 0 N–H and O–H groups in total. The number of hydrogen-bond acceptors (Lipinski definition) is 1. The van der Waals surface area contributed by atoms with Gasteiger partial charge in [-0.05, 0) is 12.0 Å². The van der Waals surface area contributed by atoms with Crippen LogP contribution in [0.1, 0.15) is 28.3 Å². The number of allylic oxidation sites excluding steroid dienone is 1. The van der Waals surface area contributed by atoms with Gasteiger partial charge < -0.3 is 0 Å². The number of carbonyl (C=O) groups is 1. The minimum atomic E-state index is 0.0960. The van der Waals surface area contributed by atoms with Gasteiger partial charge in [-0.3, -0.25) is 4.79 Å². The van der Waals surface area contributed by atoms with Gasteiger partial charge in [-0.25, -0.2) is 0 Å². The van der Waals surface area contributed by atoms with Crippen molar-refractivity contribution in [2.45, 2.75) is 12.3 Å². The van der Waals surface area contributed by atoms with Crippen molar-refractivity contribution in [2.24, 2.45) is 0 Å². The number of hydrogen-bond donors (Lipinski definition) is 0. The van der Waals surface area contributed by atoms with E-state index in [-0.39, 0.29) is 11.7 Å². The summed E-state index contributed by atoms with van der Waals surface area (Å²) >= 11 is 0. The van der Waals surface area contributed by atoms with E-state index in [1.54, 1.807) is 6.08 Å². The number of rotatable bonds is 2. The summed E-state index contributed by atoms with van der Waals surface area (Å²) < 4.78 is 0. The van der Waals surface area contributed by atoms with Crippen LogP contribution in [0, 0.1) is 0 Å². The molecule has 60 valence electrons. The summed E-state index contributed by atoms with van der Waals surface area (Å²) in [7, 11) is 0. The maximum absolute atomic E-state index is 11.4. The third kappa shape index (κ3) is 0.828. The lowest BCUT2D eigenvalue weighted by Gasteiger charge is -2.26. The molecule has 1 aromatic rings. The zero-order chi connectivity index (χ0) is 8.55. The first-order chi connectivity index (χ1) is 5.84. The molecule has 0 fully saturated rings. The Morgan fingerprint density at radius 1 is 1.42 bits per heavy atom. The highest BCUT2D eigenvalue weighted by molar-refractivity contribution is 6.10. The van der Waals surface area contributed by atoms with Crippen LogP contribution in [0.2, 0.25) is 0 Å². The Hall–Kier alpha value is -1.37. The highest BCUT2D eigenvalue weighted by Crippen LogP contribution is 2.36. The number of benzene rings is 1. The summed E-state index contributed by atoms with van der Waals surface area (Å²) in [5.74, 6) is 0.365. The van der Waals surface area contributed by atoms with E-state index in [9.17, 15) is 4.79 Å². The summed E-state index contributed by atoms with van der Waals surface area (Å²) in [6, 6.07) is 7.78. The average molecular weight is 158 g/mol. The monoisotopic (exact) mass is 158 g/mol. The molecule has 0 saturated carbocycles. The first kappa shape index (κ1) is 7.29. The summed E-state index contributed by atoms with van der Waals surface area (Å²) in [4.78, 5) is 11.4. The Kier molecular flexibility index (Phi) is 1.58. The molecule has 0 heterocycles. The van der Waals surface area contributed by atoms with Crippen molar-refractivity contribution in [2.75, 3.05) is 0 Å². The number of fused-ring (bicyclic) bond motifs is 1. The van der Waals surface area contributed by atoms with Gasteiger partial charge >= 0.3 is 0 Å². The smallest absolute Gasteiger partial charge is 0.170 e. The fraction of sp³-hybridized carbons (Fsp3) is 0.182. The van der Waals surface area contributed by atoms with Crippen LogP contribution in [0.5, 0.6) is 0 Å². The largest absolute Gasteiger partial charge is 0.293 e. The van der Waals surface area contributed by atoms with E-state index < -0.39 is 0 Å². The maximum atomic E-state index is 11.4. The Bertz CT molecular complexity index is 339. The van der Waals surface area contributed by atoms with Gasteiger partial charge in [-0.2, -0.15) is 0 Å². The highest BCUT2D eigenvalue weighted by Gasteiger charge is 2.33. The van der Waals surface area contributed by atoms with Crippen LogP contribution in [-0.2, 0) is 0 Å². The molecule has 0 amide bonds. The second kappa shape index (κ2) is 2.59. The summed E-state index contributed by atoms with van der Waals surface area (Å²) in [5.41, 5.74) is 2.08. The average Bonchev–Trinajstić information content (AvgIpc) is 2.13. The molecular formula is C11H10O. The lowest BCUT2D eigenvalue weighted by Crippen LogP contribution is -2.25. The van der Waals surface area contributed by atoms with Crippen molar-refractivity contribution >= 4 is 5.78 Å². The predicted molar refractivity (Wildman–Crippen MR) is 48.3 cm³/mol. The second-order valence-corrected chi connectivity index (χ2v) is 3.03. The van der Waals surface area contributed by atoms with Crippen molar-refractivity contribution in [1.29, 1.82) is 0 Å². The van der Waals surface area contributed by atoms with Crippen molar-refractivity contribution in [3.63, 3.8) is 0 Å². The van der Waals surface area contributed by atoms with Gasteiger partial charge in [0.05, 0.1) is 5.92 Å². The van der Waals surface area contributed by atoms with Gasteiger partial charge in [0.1, 0.15) is 0 Å². The zero-order valence-electron chi connectivity index (χ0n) is 6.79. The minimum absolute atomic E-state index is 0.0960. The van der Waals surface area contributed by atoms with Crippen molar-refractivity contribution < 1.29 is 4.79 Å². The van der Waals surface area contributed by atoms with Crippen LogP contribution in [0.3, 0.4) is 0 Å². The molecule has 0 aliphatic heterocycles. The van der Waals surface area contributed by atoms with Crippen LogP contribution in [0.15, 0.2) is 36.9 Å². The van der Waals surface area contributed by atoms with Gasteiger partial charge in [0.25, 0.3) is 0 Å². The molecule has 0 spiro atoms. The molecule has 0 saturated heterocycles. The van der Waals surface area contributed by atoms with E-state index in [0.29, 0.717) is 0 Å². The maximum Gasteiger partial charge on any atom is 0.170 e. The third-order valence-corrected chi connectivity index (χ3v) is 2.32. The van der Waals surface area contributed by atoms with E-state index in [4.69, 9.17) is 0 Å². The van der Waals surface area contributed by atoms with E-state index in [1.165, 1.54) is 5.56 Å². The Morgan fingerprint density at radius 2 is 2.17 bits per heavy atom. The molecular weight excluding hydrogens is 148 g/mol. The number of ketones is 1. The number of Topliss-reactive ketones (excluding diaryl/α,β-unsaturated/α-hetero) is 1. The molecule has 0 bridgehead atoms. The predicted octanol–water partition coefficient (Wildman–Crippen LogP) is 2.54. The SMILES string of the molecule is C=CCC1C(=O)c2ccccc21. The van der Waals surface area contributed by atoms with E-state index in [1.807, 2.05) is 24.3 Å². The van der Waals surface area contributed by atoms with Crippen molar-refractivity contribution in [1.82, 2.24) is 0 Å². The first-order valence-electron chi connectivity index (χ1n) is 4.08. The molecule has 12 heavy (non-hydrogen) atoms. The molecule has 2 rings (SSSR count). The van der Waals surface area contributed by atoms with Crippen LogP contribution < -0.4 is 0 Å². The summed E-state index contributed by atoms with van der Waals surface area (Å²) in [6.07, 6.45) is 2.58. The summed E-state index contributed by atoms with van der Waals surface area (Å²) in [6.45, 7) is 3.64. The minimum Gasteiger partial charge on any atom is -0.293 e.